The van der Waals surface area contributed by atoms with Gasteiger partial charge in [0.15, 0.2) is 0 Å². The molecule has 18 heavy (non-hydrogen) atoms. The van der Waals surface area contributed by atoms with E-state index in [0.717, 1.165) is 31.3 Å². The Morgan fingerprint density at radius 1 is 1.28 bits per heavy atom. The van der Waals surface area contributed by atoms with E-state index < -0.39 is 0 Å². The molecular formula is C15H24O3. The minimum Gasteiger partial charge on any atom is -0.394 e. The van der Waals surface area contributed by atoms with Crippen LogP contribution in [-0.4, -0.2) is 35.6 Å². The van der Waals surface area contributed by atoms with E-state index in [4.69, 9.17) is 4.74 Å². The van der Waals surface area contributed by atoms with E-state index in [1.807, 2.05) is 12.2 Å². The Morgan fingerprint density at radius 3 is 2.78 bits per heavy atom. The number of aliphatic hydroxyl groups excluding tert-OH is 2. The lowest BCUT2D eigenvalue weighted by Gasteiger charge is -2.35. The van der Waals surface area contributed by atoms with Crippen molar-refractivity contribution in [1.82, 2.24) is 0 Å². The monoisotopic (exact) mass is 252 g/mol. The summed E-state index contributed by atoms with van der Waals surface area (Å²) in [7, 11) is 0. The zero-order chi connectivity index (χ0) is 13.0. The van der Waals surface area contributed by atoms with Gasteiger partial charge < -0.3 is 14.9 Å². The van der Waals surface area contributed by atoms with Gasteiger partial charge in [-0.1, -0.05) is 25.2 Å². The molecule has 2 rings (SSSR count). The van der Waals surface area contributed by atoms with E-state index in [9.17, 15) is 10.2 Å². The lowest BCUT2D eigenvalue weighted by molar-refractivity contribution is -0.0943. The highest BCUT2D eigenvalue weighted by Gasteiger charge is 2.29. The second-order valence-electron chi connectivity index (χ2n) is 5.64. The first kappa shape index (κ1) is 13.8. The zero-order valence-electron chi connectivity index (χ0n) is 11.1. The minimum absolute atomic E-state index is 0.000520. The fourth-order valence-corrected chi connectivity index (χ4v) is 3.12. The van der Waals surface area contributed by atoms with Gasteiger partial charge in [0.1, 0.15) is 0 Å². The molecular weight excluding hydrogens is 228 g/mol. The molecule has 1 aliphatic heterocycles. The molecule has 0 spiro atoms. The van der Waals surface area contributed by atoms with Crippen LogP contribution in [0.3, 0.4) is 0 Å². The third-order valence-corrected chi connectivity index (χ3v) is 4.04. The SMILES string of the molecule is C[C@H]1C[C@@H](CO)O[C@@H](CC2CC=CC=C2CO)C1. The van der Waals surface area contributed by atoms with Crippen LogP contribution in [0.15, 0.2) is 23.8 Å². The van der Waals surface area contributed by atoms with E-state index in [0.29, 0.717) is 11.8 Å². The maximum atomic E-state index is 9.36. The van der Waals surface area contributed by atoms with Crippen LogP contribution in [0.4, 0.5) is 0 Å². The van der Waals surface area contributed by atoms with Gasteiger partial charge in [0.25, 0.3) is 0 Å². The molecule has 1 heterocycles. The van der Waals surface area contributed by atoms with Crippen LogP contribution in [0, 0.1) is 11.8 Å². The normalized spacial score (nSPS) is 36.5. The van der Waals surface area contributed by atoms with Crippen LogP contribution in [0.2, 0.25) is 0 Å². The second kappa shape index (κ2) is 6.50. The number of allylic oxidation sites excluding steroid dienone is 3. The number of rotatable bonds is 4. The lowest BCUT2D eigenvalue weighted by Crippen LogP contribution is -2.35. The highest BCUT2D eigenvalue weighted by molar-refractivity contribution is 5.21. The smallest absolute Gasteiger partial charge is 0.0812 e. The van der Waals surface area contributed by atoms with Crippen molar-refractivity contribution in [1.29, 1.82) is 0 Å². The molecule has 0 radical (unpaired) electrons. The van der Waals surface area contributed by atoms with Gasteiger partial charge in [-0.3, -0.25) is 0 Å². The van der Waals surface area contributed by atoms with Gasteiger partial charge in [-0.15, -0.1) is 0 Å². The summed E-state index contributed by atoms with van der Waals surface area (Å²) in [6, 6.07) is 0. The molecule has 2 N–H and O–H groups in total. The molecule has 102 valence electrons. The molecule has 1 saturated heterocycles. The minimum atomic E-state index is -0.000520. The third-order valence-electron chi connectivity index (χ3n) is 4.04. The number of hydrogen-bond acceptors (Lipinski definition) is 3. The molecule has 0 aromatic heterocycles. The van der Waals surface area contributed by atoms with Crippen molar-refractivity contribution in [2.24, 2.45) is 11.8 Å². The molecule has 0 aromatic rings. The fraction of sp³-hybridized carbons (Fsp3) is 0.733. The molecule has 3 nitrogen and oxygen atoms in total. The van der Waals surface area contributed by atoms with E-state index >= 15 is 0 Å². The van der Waals surface area contributed by atoms with Crippen LogP contribution in [0.1, 0.15) is 32.6 Å². The van der Waals surface area contributed by atoms with Gasteiger partial charge in [0.05, 0.1) is 25.4 Å². The van der Waals surface area contributed by atoms with Gasteiger partial charge in [-0.05, 0) is 43.1 Å². The number of hydrogen-bond donors (Lipinski definition) is 2. The summed E-state index contributed by atoms with van der Waals surface area (Å²) in [5, 5.41) is 18.6. The van der Waals surface area contributed by atoms with Gasteiger partial charge in [-0.25, -0.2) is 0 Å². The Balaban J connectivity index is 1.92. The van der Waals surface area contributed by atoms with Crippen LogP contribution < -0.4 is 0 Å². The topological polar surface area (TPSA) is 49.7 Å². The predicted molar refractivity (Wildman–Crippen MR) is 71.2 cm³/mol. The Labute approximate surface area is 109 Å². The van der Waals surface area contributed by atoms with E-state index in [2.05, 4.69) is 13.0 Å². The molecule has 2 aliphatic rings. The average Bonchev–Trinajstić information content (AvgIpc) is 2.38. The highest BCUT2D eigenvalue weighted by atomic mass is 16.5. The molecule has 0 amide bonds. The number of aliphatic hydroxyl groups is 2. The predicted octanol–water partition coefficient (Wildman–Crippen LogP) is 2.05. The molecule has 0 aromatic carbocycles. The molecule has 4 atom stereocenters. The van der Waals surface area contributed by atoms with Crippen molar-refractivity contribution < 1.29 is 14.9 Å². The molecule has 1 fully saturated rings. The quantitative estimate of drug-likeness (QED) is 0.805. The Kier molecular flexibility index (Phi) is 4.98. The average molecular weight is 252 g/mol. The second-order valence-corrected chi connectivity index (χ2v) is 5.64. The molecule has 3 heteroatoms. The first-order chi connectivity index (χ1) is 8.72. The first-order valence-electron chi connectivity index (χ1n) is 6.95. The summed E-state index contributed by atoms with van der Waals surface area (Å²) >= 11 is 0. The van der Waals surface area contributed by atoms with Gasteiger partial charge in [0.2, 0.25) is 0 Å². The van der Waals surface area contributed by atoms with Gasteiger partial charge in [0, 0.05) is 0 Å². The summed E-state index contributed by atoms with van der Waals surface area (Å²) in [5.41, 5.74) is 1.11. The summed E-state index contributed by atoms with van der Waals surface area (Å²) in [6.45, 7) is 2.48. The van der Waals surface area contributed by atoms with E-state index in [-0.39, 0.29) is 25.4 Å². The van der Waals surface area contributed by atoms with Crippen molar-refractivity contribution in [2.45, 2.75) is 44.8 Å². The lowest BCUT2D eigenvalue weighted by atomic mass is 9.83. The molecule has 1 unspecified atom stereocenters. The van der Waals surface area contributed by atoms with Crippen LogP contribution >= 0.6 is 0 Å². The van der Waals surface area contributed by atoms with E-state index in [1.165, 1.54) is 0 Å². The van der Waals surface area contributed by atoms with Crippen LogP contribution in [0.25, 0.3) is 0 Å². The van der Waals surface area contributed by atoms with Crippen molar-refractivity contribution in [3.05, 3.63) is 23.8 Å². The maximum Gasteiger partial charge on any atom is 0.0812 e. The van der Waals surface area contributed by atoms with Crippen LogP contribution in [0.5, 0.6) is 0 Å². The van der Waals surface area contributed by atoms with Crippen molar-refractivity contribution in [2.75, 3.05) is 13.2 Å². The Morgan fingerprint density at radius 2 is 2.06 bits per heavy atom. The van der Waals surface area contributed by atoms with Crippen LogP contribution in [-0.2, 0) is 4.74 Å². The van der Waals surface area contributed by atoms with Crippen molar-refractivity contribution in [3.8, 4) is 0 Å². The standard InChI is InChI=1S/C15H24O3/c1-11-6-14(18-15(7-11)10-17)8-12-4-2-3-5-13(12)9-16/h2-3,5,11-12,14-17H,4,6-10H2,1H3/t11-,12?,14-,15+/m1/s1. The maximum absolute atomic E-state index is 9.36. The fourth-order valence-electron chi connectivity index (χ4n) is 3.12. The Bertz CT molecular complexity index is 322. The van der Waals surface area contributed by atoms with Crippen molar-refractivity contribution in [3.63, 3.8) is 0 Å². The largest absolute Gasteiger partial charge is 0.394 e. The van der Waals surface area contributed by atoms with Gasteiger partial charge >= 0.3 is 0 Å². The molecule has 0 saturated carbocycles. The summed E-state index contributed by atoms with van der Waals surface area (Å²) < 4.78 is 5.92. The number of ether oxygens (including phenoxy) is 1. The summed E-state index contributed by atoms with van der Waals surface area (Å²) in [4.78, 5) is 0. The Hall–Kier alpha value is -0.640. The zero-order valence-corrected chi connectivity index (χ0v) is 11.1. The third kappa shape index (κ3) is 3.44. The molecule has 0 bridgehead atoms. The van der Waals surface area contributed by atoms with Crippen molar-refractivity contribution >= 4 is 0 Å². The highest BCUT2D eigenvalue weighted by Crippen LogP contribution is 2.32. The van der Waals surface area contributed by atoms with E-state index in [1.54, 1.807) is 0 Å². The summed E-state index contributed by atoms with van der Waals surface area (Å²) in [5.74, 6) is 1.01. The first-order valence-corrected chi connectivity index (χ1v) is 6.95. The molecule has 1 aliphatic carbocycles. The summed E-state index contributed by atoms with van der Waals surface area (Å²) in [6.07, 6.45) is 10.4. The van der Waals surface area contributed by atoms with Gasteiger partial charge in [-0.2, -0.15) is 0 Å².